The van der Waals surface area contributed by atoms with E-state index in [1.165, 1.54) is 22.3 Å². The van der Waals surface area contributed by atoms with Gasteiger partial charge in [-0.1, -0.05) is 60.7 Å². The third kappa shape index (κ3) is 7.96. The van der Waals surface area contributed by atoms with E-state index in [0.717, 1.165) is 73.4 Å². The Hall–Kier alpha value is -4.90. The molecule has 1 atom stereocenters. The Morgan fingerprint density at radius 3 is 2.29 bits per heavy atom. The van der Waals surface area contributed by atoms with E-state index < -0.39 is 5.97 Å². The van der Waals surface area contributed by atoms with Crippen molar-refractivity contribution in [1.29, 1.82) is 5.26 Å². The molecule has 8 heteroatoms. The summed E-state index contributed by atoms with van der Waals surface area (Å²) in [6, 6.07) is 29.3. The highest BCUT2D eigenvalue weighted by atomic mass is 35.5. The average Bonchev–Trinajstić information content (AvgIpc) is 3.59. The molecule has 6 rings (SSSR count). The lowest BCUT2D eigenvalue weighted by Gasteiger charge is -2.24. The van der Waals surface area contributed by atoms with Crippen molar-refractivity contribution in [3.8, 4) is 28.6 Å². The van der Waals surface area contributed by atoms with E-state index in [0.29, 0.717) is 17.7 Å². The van der Waals surface area contributed by atoms with Gasteiger partial charge in [-0.15, -0.1) is 11.6 Å². The maximum absolute atomic E-state index is 11.1. The Labute approximate surface area is 286 Å². The molecule has 0 radical (unpaired) electrons. The molecular formula is C40H38ClN5O2. The highest BCUT2D eigenvalue weighted by Crippen LogP contribution is 2.36. The fourth-order valence-electron chi connectivity index (χ4n) is 6.50. The highest BCUT2D eigenvalue weighted by Gasteiger charge is 2.23. The minimum absolute atomic E-state index is 0.00879. The van der Waals surface area contributed by atoms with Gasteiger partial charge in [0.15, 0.2) is 0 Å². The SMILES string of the molecule is Cc1cc(-c2nc(C(Cl)CCN(Cc3ccccc3)Cc3ccccc3)cc3c2CCC3)cnc1-c1cc(CCC(=O)O)cnc1C#N. The number of nitrogens with zero attached hydrogens (tertiary/aromatic N) is 5. The first kappa shape index (κ1) is 33.0. The van der Waals surface area contributed by atoms with Crippen molar-refractivity contribution in [3.05, 3.63) is 136 Å². The number of benzene rings is 2. The molecule has 3 heterocycles. The zero-order chi connectivity index (χ0) is 33.5. The standard InChI is InChI=1S/C40H38ClN5O2/c1-27-19-32(24-44-39(27)34-20-30(15-16-38(47)48)23-43-37(34)22-42)40-33-14-8-13-31(33)21-36(45-40)35(41)17-18-46(25-28-9-4-2-5-10-28)26-29-11-6-3-7-12-29/h2-7,9-12,19-21,23-24,35H,8,13-18,25-26H2,1H3,(H,47,48). The number of fused-ring (bicyclic) bond motifs is 1. The second-order valence-electron chi connectivity index (χ2n) is 12.5. The molecule has 2 aromatic carbocycles. The van der Waals surface area contributed by atoms with Gasteiger partial charge in [0.05, 0.1) is 22.5 Å². The normalized spacial score (nSPS) is 12.9. The summed E-state index contributed by atoms with van der Waals surface area (Å²) in [6.45, 7) is 4.47. The van der Waals surface area contributed by atoms with Crippen LogP contribution in [0, 0.1) is 18.3 Å². The van der Waals surface area contributed by atoms with E-state index in [4.69, 9.17) is 26.7 Å². The van der Waals surface area contributed by atoms with E-state index in [9.17, 15) is 10.1 Å². The van der Waals surface area contributed by atoms with Crippen molar-refractivity contribution in [2.45, 2.75) is 63.9 Å². The molecule has 7 nitrogen and oxygen atoms in total. The quantitative estimate of drug-likeness (QED) is 0.127. The van der Waals surface area contributed by atoms with Crippen molar-refractivity contribution in [1.82, 2.24) is 19.9 Å². The molecule has 48 heavy (non-hydrogen) atoms. The van der Waals surface area contributed by atoms with Crippen molar-refractivity contribution in [3.63, 3.8) is 0 Å². The van der Waals surface area contributed by atoms with Gasteiger partial charge in [0.1, 0.15) is 11.8 Å². The van der Waals surface area contributed by atoms with Gasteiger partial charge in [0.2, 0.25) is 0 Å². The van der Waals surface area contributed by atoms with Crippen LogP contribution in [0.4, 0.5) is 0 Å². The second kappa shape index (κ2) is 15.3. The molecule has 242 valence electrons. The average molecular weight is 656 g/mol. The van der Waals surface area contributed by atoms with Crippen molar-refractivity contribution < 1.29 is 9.90 Å². The first-order valence-electron chi connectivity index (χ1n) is 16.4. The van der Waals surface area contributed by atoms with Crippen LogP contribution in [0.1, 0.15) is 69.4 Å². The first-order valence-corrected chi connectivity index (χ1v) is 16.9. The molecule has 1 N–H and O–H groups in total. The van der Waals surface area contributed by atoms with Gasteiger partial charge in [-0.05, 0) is 90.6 Å². The highest BCUT2D eigenvalue weighted by molar-refractivity contribution is 6.20. The summed E-state index contributed by atoms with van der Waals surface area (Å²) >= 11 is 7.17. The Morgan fingerprint density at radius 1 is 0.938 bits per heavy atom. The lowest BCUT2D eigenvalue weighted by Crippen LogP contribution is -2.25. The summed E-state index contributed by atoms with van der Waals surface area (Å²) in [5.74, 6) is -0.877. The number of pyridine rings is 3. The number of carbonyl (C=O) groups is 1. The molecule has 0 fully saturated rings. The molecule has 0 bridgehead atoms. The van der Waals surface area contributed by atoms with Crippen molar-refractivity contribution in [2.24, 2.45) is 0 Å². The van der Waals surface area contributed by atoms with Crippen molar-refractivity contribution in [2.75, 3.05) is 6.54 Å². The van der Waals surface area contributed by atoms with E-state index in [2.05, 4.69) is 76.6 Å². The molecule has 1 unspecified atom stereocenters. The number of halogens is 1. The minimum atomic E-state index is -0.877. The lowest BCUT2D eigenvalue weighted by atomic mass is 9.97. The van der Waals surface area contributed by atoms with Gasteiger partial charge in [-0.3, -0.25) is 19.7 Å². The topological polar surface area (TPSA) is 103 Å². The molecule has 0 saturated carbocycles. The predicted molar refractivity (Wildman–Crippen MR) is 188 cm³/mol. The van der Waals surface area contributed by atoms with Crippen LogP contribution in [0.15, 0.2) is 91.3 Å². The van der Waals surface area contributed by atoms with Crippen LogP contribution in [-0.4, -0.2) is 37.5 Å². The molecule has 0 amide bonds. The monoisotopic (exact) mass is 655 g/mol. The number of aliphatic carboxylic acids is 1. The maximum Gasteiger partial charge on any atom is 0.303 e. The fraction of sp³-hybridized carbons (Fsp3) is 0.275. The number of aromatic nitrogens is 3. The number of hydrogen-bond acceptors (Lipinski definition) is 6. The van der Waals surface area contributed by atoms with E-state index >= 15 is 0 Å². The number of carboxylic acids is 1. The van der Waals surface area contributed by atoms with Gasteiger partial charge in [-0.25, -0.2) is 4.98 Å². The van der Waals surface area contributed by atoms with E-state index in [1.807, 2.05) is 31.3 Å². The Kier molecular flexibility index (Phi) is 10.5. The van der Waals surface area contributed by atoms with Crippen LogP contribution in [0.3, 0.4) is 0 Å². The Balaban J connectivity index is 1.25. The second-order valence-corrected chi connectivity index (χ2v) is 13.0. The zero-order valence-corrected chi connectivity index (χ0v) is 27.8. The maximum atomic E-state index is 11.1. The minimum Gasteiger partial charge on any atom is -0.481 e. The summed E-state index contributed by atoms with van der Waals surface area (Å²) < 4.78 is 0. The number of carboxylic acid groups (broad SMARTS) is 1. The molecule has 1 aliphatic carbocycles. The first-order chi connectivity index (χ1) is 23.4. The Bertz CT molecular complexity index is 1900. The number of alkyl halides is 1. The van der Waals surface area contributed by atoms with Crippen LogP contribution in [0.2, 0.25) is 0 Å². The molecular weight excluding hydrogens is 618 g/mol. The summed E-state index contributed by atoms with van der Waals surface area (Å²) in [5.41, 5.74) is 11.0. The van der Waals surface area contributed by atoms with Gasteiger partial charge in [0.25, 0.3) is 0 Å². The lowest BCUT2D eigenvalue weighted by molar-refractivity contribution is -0.136. The number of nitriles is 1. The van der Waals surface area contributed by atoms with Crippen molar-refractivity contribution >= 4 is 17.6 Å². The smallest absolute Gasteiger partial charge is 0.303 e. The van der Waals surface area contributed by atoms with E-state index in [-0.39, 0.29) is 17.5 Å². The number of rotatable bonds is 13. The molecule has 0 aliphatic heterocycles. The summed E-state index contributed by atoms with van der Waals surface area (Å²) in [4.78, 5) is 27.9. The van der Waals surface area contributed by atoms with Crippen LogP contribution in [0.5, 0.6) is 0 Å². The van der Waals surface area contributed by atoms with Crippen LogP contribution in [-0.2, 0) is 37.1 Å². The summed E-state index contributed by atoms with van der Waals surface area (Å²) in [7, 11) is 0. The number of hydrogen-bond donors (Lipinski definition) is 1. The van der Waals surface area contributed by atoms with Gasteiger partial charge in [0, 0.05) is 49.6 Å². The molecule has 3 aromatic heterocycles. The molecule has 5 aromatic rings. The van der Waals surface area contributed by atoms with Crippen LogP contribution in [0.25, 0.3) is 22.5 Å². The zero-order valence-electron chi connectivity index (χ0n) is 27.1. The molecule has 0 saturated heterocycles. The summed E-state index contributed by atoms with van der Waals surface area (Å²) in [6.07, 6.45) is 7.50. The fourth-order valence-corrected chi connectivity index (χ4v) is 6.71. The molecule has 1 aliphatic rings. The third-order valence-electron chi connectivity index (χ3n) is 8.91. The molecule has 0 spiro atoms. The van der Waals surface area contributed by atoms with Gasteiger partial charge in [-0.2, -0.15) is 5.26 Å². The number of aryl methyl sites for hydroxylation is 3. The van der Waals surface area contributed by atoms with Gasteiger partial charge >= 0.3 is 5.97 Å². The predicted octanol–water partition coefficient (Wildman–Crippen LogP) is 8.26. The Morgan fingerprint density at radius 2 is 1.65 bits per heavy atom. The van der Waals surface area contributed by atoms with Gasteiger partial charge < -0.3 is 5.11 Å². The van der Waals surface area contributed by atoms with Crippen LogP contribution >= 0.6 is 11.6 Å². The largest absolute Gasteiger partial charge is 0.481 e. The third-order valence-corrected chi connectivity index (χ3v) is 9.35. The van der Waals surface area contributed by atoms with Crippen LogP contribution < -0.4 is 0 Å². The van der Waals surface area contributed by atoms with E-state index in [1.54, 1.807) is 6.20 Å². The summed E-state index contributed by atoms with van der Waals surface area (Å²) in [5, 5.41) is 18.6.